The fraction of sp³-hybridized carbons (Fsp3) is 0.0833. The van der Waals surface area contributed by atoms with Gasteiger partial charge in [-0.1, -0.05) is 18.2 Å². The number of aryl methyl sites for hydroxylation is 1. The van der Waals surface area contributed by atoms with Crippen molar-refractivity contribution < 1.29 is 10.1 Å². The van der Waals surface area contributed by atoms with E-state index in [1.54, 1.807) is 0 Å². The molecule has 16 heavy (non-hydrogen) atoms. The number of thiazole rings is 1. The molecular formula is C12H11N2OS+. The summed E-state index contributed by atoms with van der Waals surface area (Å²) < 4.78 is 1.02. The number of phenols is 1. The normalized spacial score (nSPS) is 11.3. The van der Waals surface area contributed by atoms with Crippen molar-refractivity contribution in [3.8, 4) is 5.75 Å². The van der Waals surface area contributed by atoms with Crippen LogP contribution in [0.3, 0.4) is 0 Å². The molecule has 0 amide bonds. The standard InChI is InChI=1S/C12H10N2OS/c1-6-10(15)8-5-3-2-4-7(8)9-11(6)16-12(13)14-9/h2-5,15H,1H3,(H2,13,14)/p+1. The van der Waals surface area contributed by atoms with Gasteiger partial charge in [-0.15, -0.1) is 0 Å². The number of H-pyrrole nitrogens is 1. The molecule has 3 aromatic rings. The zero-order valence-corrected chi connectivity index (χ0v) is 9.56. The lowest BCUT2D eigenvalue weighted by Crippen LogP contribution is -2.04. The molecule has 2 aromatic carbocycles. The molecule has 0 unspecified atom stereocenters. The van der Waals surface area contributed by atoms with Crippen LogP contribution in [0.5, 0.6) is 5.75 Å². The van der Waals surface area contributed by atoms with Crippen LogP contribution in [0.4, 0.5) is 5.13 Å². The Balaban J connectivity index is 2.67. The van der Waals surface area contributed by atoms with Crippen LogP contribution in [-0.4, -0.2) is 5.11 Å². The van der Waals surface area contributed by atoms with Crippen molar-refractivity contribution in [1.29, 1.82) is 0 Å². The fourth-order valence-electron chi connectivity index (χ4n) is 2.04. The van der Waals surface area contributed by atoms with Crippen LogP contribution in [0.25, 0.3) is 21.0 Å². The molecule has 0 atom stereocenters. The molecule has 0 fully saturated rings. The first-order valence-electron chi connectivity index (χ1n) is 5.00. The molecule has 4 heteroatoms. The lowest BCUT2D eigenvalue weighted by Gasteiger charge is -2.04. The summed E-state index contributed by atoms with van der Waals surface area (Å²) in [5, 5.41) is 12.6. The third-order valence-corrected chi connectivity index (χ3v) is 3.87. The van der Waals surface area contributed by atoms with Crippen LogP contribution in [0.15, 0.2) is 24.3 Å². The first kappa shape index (κ1) is 9.42. The van der Waals surface area contributed by atoms with Crippen molar-refractivity contribution in [1.82, 2.24) is 0 Å². The maximum atomic E-state index is 10.1. The van der Waals surface area contributed by atoms with Crippen LogP contribution >= 0.6 is 11.3 Å². The molecule has 0 saturated heterocycles. The highest BCUT2D eigenvalue weighted by Crippen LogP contribution is 2.37. The van der Waals surface area contributed by atoms with Gasteiger partial charge in [-0.05, 0) is 24.3 Å². The molecule has 0 saturated carbocycles. The Morgan fingerprint density at radius 1 is 1.25 bits per heavy atom. The van der Waals surface area contributed by atoms with Gasteiger partial charge in [-0.2, -0.15) is 0 Å². The number of phenolic OH excluding ortho intramolecular Hbond substituents is 1. The van der Waals surface area contributed by atoms with Crippen LogP contribution in [0.2, 0.25) is 0 Å². The summed E-state index contributed by atoms with van der Waals surface area (Å²) in [6.07, 6.45) is 0. The SMILES string of the molecule is Cc1c(O)c2ccccc2c2[nH+]c(N)sc12. The second-order valence-electron chi connectivity index (χ2n) is 3.81. The molecule has 80 valence electrons. The number of aromatic amines is 1. The molecule has 0 bridgehead atoms. The molecule has 0 aliphatic carbocycles. The maximum absolute atomic E-state index is 10.1. The number of nitrogen functional groups attached to an aromatic ring is 1. The van der Waals surface area contributed by atoms with E-state index in [-0.39, 0.29) is 0 Å². The van der Waals surface area contributed by atoms with E-state index in [0.29, 0.717) is 10.9 Å². The minimum Gasteiger partial charge on any atom is -0.507 e. The lowest BCUT2D eigenvalue weighted by atomic mass is 10.0. The van der Waals surface area contributed by atoms with Crippen molar-refractivity contribution in [2.45, 2.75) is 6.92 Å². The van der Waals surface area contributed by atoms with Gasteiger partial charge in [0.1, 0.15) is 5.75 Å². The molecule has 1 heterocycles. The zero-order valence-electron chi connectivity index (χ0n) is 8.74. The largest absolute Gasteiger partial charge is 0.507 e. The third-order valence-electron chi connectivity index (χ3n) is 2.83. The molecule has 1 aromatic heterocycles. The molecule has 0 radical (unpaired) electrons. The Morgan fingerprint density at radius 2 is 1.94 bits per heavy atom. The van der Waals surface area contributed by atoms with Crippen LogP contribution < -0.4 is 10.7 Å². The number of hydrogen-bond acceptors (Lipinski definition) is 3. The van der Waals surface area contributed by atoms with Gasteiger partial charge < -0.3 is 5.11 Å². The number of anilines is 1. The average molecular weight is 231 g/mol. The van der Waals surface area contributed by atoms with Gasteiger partial charge in [0.2, 0.25) is 0 Å². The summed E-state index contributed by atoms with van der Waals surface area (Å²) in [5.74, 6) is 0.346. The van der Waals surface area contributed by atoms with Gasteiger partial charge >= 0.3 is 5.13 Å². The maximum Gasteiger partial charge on any atom is 0.330 e. The number of benzene rings is 2. The predicted molar refractivity (Wildman–Crippen MR) is 66.7 cm³/mol. The Morgan fingerprint density at radius 3 is 2.69 bits per heavy atom. The van der Waals surface area contributed by atoms with Gasteiger partial charge in [0, 0.05) is 16.3 Å². The molecule has 3 rings (SSSR count). The number of hydrogen-bond donors (Lipinski definition) is 2. The van der Waals surface area contributed by atoms with Gasteiger partial charge in [0.05, 0.1) is 4.70 Å². The summed E-state index contributed by atoms with van der Waals surface area (Å²) in [5.41, 5.74) is 7.67. The summed E-state index contributed by atoms with van der Waals surface area (Å²) in [4.78, 5) is 3.15. The van der Waals surface area contributed by atoms with Crippen molar-refractivity contribution >= 4 is 37.5 Å². The van der Waals surface area contributed by atoms with E-state index in [2.05, 4.69) is 4.98 Å². The number of nitrogens with two attached hydrogens (primary N) is 1. The Labute approximate surface area is 96.2 Å². The smallest absolute Gasteiger partial charge is 0.330 e. The molecule has 0 spiro atoms. The average Bonchev–Trinajstić information content (AvgIpc) is 2.68. The van der Waals surface area contributed by atoms with Gasteiger partial charge in [-0.25, -0.2) is 4.98 Å². The molecule has 0 aliphatic rings. The first-order chi connectivity index (χ1) is 7.68. The predicted octanol–water partition coefficient (Wildman–Crippen LogP) is 2.46. The number of aromatic nitrogens is 1. The second-order valence-corrected chi connectivity index (χ2v) is 4.87. The Bertz CT molecular complexity index is 703. The second kappa shape index (κ2) is 3.09. The van der Waals surface area contributed by atoms with E-state index < -0.39 is 0 Å². The van der Waals surface area contributed by atoms with Crippen molar-refractivity contribution in [3.05, 3.63) is 29.8 Å². The van der Waals surface area contributed by atoms with E-state index >= 15 is 0 Å². The molecule has 0 aliphatic heterocycles. The topological polar surface area (TPSA) is 60.4 Å². The number of nitrogens with one attached hydrogen (secondary N) is 1. The molecule has 4 N–H and O–H groups in total. The minimum absolute atomic E-state index is 0.346. The minimum atomic E-state index is 0.346. The van der Waals surface area contributed by atoms with E-state index in [1.165, 1.54) is 11.3 Å². The lowest BCUT2D eigenvalue weighted by molar-refractivity contribution is -0.319. The summed E-state index contributed by atoms with van der Waals surface area (Å²) >= 11 is 1.47. The highest BCUT2D eigenvalue weighted by atomic mass is 32.1. The summed E-state index contributed by atoms with van der Waals surface area (Å²) in [6, 6.07) is 7.78. The van der Waals surface area contributed by atoms with Crippen LogP contribution in [0.1, 0.15) is 5.56 Å². The monoisotopic (exact) mass is 231 g/mol. The van der Waals surface area contributed by atoms with Crippen molar-refractivity contribution in [2.75, 3.05) is 5.73 Å². The molecule has 3 nitrogen and oxygen atoms in total. The van der Waals surface area contributed by atoms with Crippen molar-refractivity contribution in [3.63, 3.8) is 0 Å². The highest BCUT2D eigenvalue weighted by molar-refractivity contribution is 7.21. The highest BCUT2D eigenvalue weighted by Gasteiger charge is 2.16. The number of rotatable bonds is 0. The Hall–Kier alpha value is -1.81. The zero-order chi connectivity index (χ0) is 11.3. The van der Waals surface area contributed by atoms with Gasteiger partial charge in [-0.3, -0.25) is 5.73 Å². The van der Waals surface area contributed by atoms with Gasteiger partial charge in [0.15, 0.2) is 5.52 Å². The first-order valence-corrected chi connectivity index (χ1v) is 5.81. The number of aromatic hydroxyl groups is 1. The summed E-state index contributed by atoms with van der Waals surface area (Å²) in [7, 11) is 0. The van der Waals surface area contributed by atoms with E-state index in [1.807, 2.05) is 31.2 Å². The van der Waals surface area contributed by atoms with E-state index in [0.717, 1.165) is 26.6 Å². The van der Waals surface area contributed by atoms with Crippen molar-refractivity contribution in [2.24, 2.45) is 0 Å². The Kier molecular flexibility index (Phi) is 1.82. The van der Waals surface area contributed by atoms with E-state index in [9.17, 15) is 5.11 Å². The van der Waals surface area contributed by atoms with Crippen LogP contribution in [-0.2, 0) is 0 Å². The molecular weight excluding hydrogens is 220 g/mol. The fourth-order valence-corrected chi connectivity index (χ4v) is 2.92. The van der Waals surface area contributed by atoms with E-state index in [4.69, 9.17) is 5.73 Å². The number of fused-ring (bicyclic) bond motifs is 3. The van der Waals surface area contributed by atoms with Crippen LogP contribution in [0, 0.1) is 6.92 Å². The van der Waals surface area contributed by atoms with Gasteiger partial charge in [0.25, 0.3) is 0 Å². The quantitative estimate of drug-likeness (QED) is 0.624. The third kappa shape index (κ3) is 1.10. The summed E-state index contributed by atoms with van der Waals surface area (Å²) in [6.45, 7) is 1.91.